The SMILES string of the molecule is CC(=O)OC(CC(=O)O)C(O)(O)[N+](O)(C(O)(O)O)C(O)(O)CCO. The molecule has 0 aromatic heterocycles. The van der Waals surface area contributed by atoms with Gasteiger partial charge in [-0.25, -0.2) is 5.21 Å². The number of aliphatic hydroxyl groups is 8. The van der Waals surface area contributed by atoms with Crippen molar-refractivity contribution < 1.29 is 70.1 Å². The maximum atomic E-state index is 11.0. The molecule has 0 aromatic carbocycles. The fraction of sp³-hybridized carbons (Fsp3) is 0.800. The second-order valence-corrected chi connectivity index (χ2v) is 4.87. The fourth-order valence-corrected chi connectivity index (χ4v) is 1.86. The van der Waals surface area contributed by atoms with Crippen molar-refractivity contribution >= 4 is 11.9 Å². The number of hydroxylamine groups is 3. The van der Waals surface area contributed by atoms with Gasteiger partial charge in [0.15, 0.2) is 0 Å². The highest BCUT2D eigenvalue weighted by molar-refractivity contribution is 5.69. The van der Waals surface area contributed by atoms with Gasteiger partial charge in [0, 0.05) is 11.6 Å². The minimum atomic E-state index is -4.72. The summed E-state index contributed by atoms with van der Waals surface area (Å²) in [6, 6.07) is 0. The molecule has 142 valence electrons. The Morgan fingerprint density at radius 2 is 1.54 bits per heavy atom. The third kappa shape index (κ3) is 4.14. The fourth-order valence-electron chi connectivity index (χ4n) is 1.86. The lowest BCUT2D eigenvalue weighted by Gasteiger charge is -2.49. The average Bonchev–Trinajstić information content (AvgIpc) is 2.33. The Labute approximate surface area is 133 Å². The van der Waals surface area contributed by atoms with Gasteiger partial charge in [-0.15, -0.1) is 0 Å². The summed E-state index contributed by atoms with van der Waals surface area (Å²) in [5, 5.41) is 94.1. The van der Waals surface area contributed by atoms with Crippen LogP contribution in [0.15, 0.2) is 0 Å². The molecule has 0 fully saturated rings. The lowest BCUT2D eigenvalue weighted by molar-refractivity contribution is -1.30. The number of carboxylic acids is 1. The smallest absolute Gasteiger partial charge is 0.481 e. The monoisotopic (exact) mass is 362 g/mol. The molecule has 0 aliphatic carbocycles. The lowest BCUT2D eigenvalue weighted by atomic mass is 10.1. The van der Waals surface area contributed by atoms with Crippen molar-refractivity contribution in [3.8, 4) is 0 Å². The zero-order chi connectivity index (χ0) is 19.6. The number of aliphatic hydroxyl groups excluding tert-OH is 1. The van der Waals surface area contributed by atoms with Crippen LogP contribution in [-0.2, 0) is 14.3 Å². The predicted molar refractivity (Wildman–Crippen MR) is 65.3 cm³/mol. The van der Waals surface area contributed by atoms with Crippen molar-refractivity contribution in [2.75, 3.05) is 6.61 Å². The number of carbonyl (C=O) groups is 2. The van der Waals surface area contributed by atoms with Gasteiger partial charge >= 0.3 is 29.9 Å². The topological polar surface area (TPSA) is 246 Å². The zero-order valence-electron chi connectivity index (χ0n) is 12.3. The van der Waals surface area contributed by atoms with Crippen LogP contribution in [-0.4, -0.2) is 98.4 Å². The zero-order valence-corrected chi connectivity index (χ0v) is 12.3. The molecule has 0 saturated heterocycles. The number of rotatable bonds is 9. The number of ether oxygens (including phenoxy) is 1. The molecule has 0 rings (SSSR count). The molecule has 2 atom stereocenters. The molecule has 0 radical (unpaired) electrons. The number of esters is 1. The molecule has 0 aliphatic heterocycles. The largest absolute Gasteiger partial charge is 0.482 e. The Kier molecular flexibility index (Phi) is 6.76. The molecule has 14 nitrogen and oxygen atoms in total. The lowest BCUT2D eigenvalue weighted by Crippen LogP contribution is -2.85. The molecule has 0 aromatic rings. The minimum absolute atomic E-state index is 0.680. The molecule has 24 heavy (non-hydrogen) atoms. The maximum absolute atomic E-state index is 11.0. The molecule has 2 unspecified atom stereocenters. The molecular formula is C10H20NO13+. The first kappa shape index (κ1) is 22.5. The van der Waals surface area contributed by atoms with E-state index in [1.807, 2.05) is 0 Å². The van der Waals surface area contributed by atoms with Gasteiger partial charge in [0.25, 0.3) is 0 Å². The van der Waals surface area contributed by atoms with Gasteiger partial charge < -0.3 is 35.4 Å². The Morgan fingerprint density at radius 3 is 1.83 bits per heavy atom. The van der Waals surface area contributed by atoms with Gasteiger partial charge in [-0.2, -0.15) is 0 Å². The van der Waals surface area contributed by atoms with Crippen molar-refractivity contribution in [2.24, 2.45) is 0 Å². The molecule has 10 N–H and O–H groups in total. The van der Waals surface area contributed by atoms with E-state index in [2.05, 4.69) is 4.74 Å². The Morgan fingerprint density at radius 1 is 1.08 bits per heavy atom. The Hall–Kier alpha value is -1.46. The summed E-state index contributed by atoms with van der Waals surface area (Å²) in [6.07, 6.45) is -10.3. The molecule has 0 bridgehead atoms. The third-order valence-corrected chi connectivity index (χ3v) is 2.98. The quantitative estimate of drug-likeness (QED) is 0.0798. The van der Waals surface area contributed by atoms with Crippen LogP contribution in [0.2, 0.25) is 0 Å². The second-order valence-electron chi connectivity index (χ2n) is 4.87. The van der Waals surface area contributed by atoms with Crippen molar-refractivity contribution in [1.29, 1.82) is 0 Å². The Balaban J connectivity index is 6.31. The molecule has 0 heterocycles. The predicted octanol–water partition coefficient (Wildman–Crippen LogP) is -5.15. The number of hydrogen-bond acceptors (Lipinski definition) is 12. The summed E-state index contributed by atoms with van der Waals surface area (Å²) in [4.78, 5) is 21.7. The van der Waals surface area contributed by atoms with Crippen LogP contribution in [0, 0.1) is 0 Å². The second kappa shape index (κ2) is 7.19. The summed E-state index contributed by atoms with van der Waals surface area (Å²) in [5.74, 6) is -11.6. The van der Waals surface area contributed by atoms with Crippen molar-refractivity contribution in [3.05, 3.63) is 0 Å². The van der Waals surface area contributed by atoms with Crippen LogP contribution in [0.5, 0.6) is 0 Å². The number of carbonyl (C=O) groups excluding carboxylic acids is 1. The van der Waals surface area contributed by atoms with Crippen molar-refractivity contribution in [1.82, 2.24) is 0 Å². The van der Waals surface area contributed by atoms with Crippen LogP contribution < -0.4 is 0 Å². The summed E-state index contributed by atoms with van der Waals surface area (Å²) >= 11 is 0. The molecule has 14 heteroatoms. The minimum Gasteiger partial charge on any atom is -0.481 e. The summed E-state index contributed by atoms with van der Waals surface area (Å²) in [7, 11) is 0. The van der Waals surface area contributed by atoms with Gasteiger partial charge in [-0.05, 0) is 0 Å². The van der Waals surface area contributed by atoms with E-state index in [1.165, 1.54) is 0 Å². The van der Waals surface area contributed by atoms with Crippen LogP contribution in [0.3, 0.4) is 0 Å². The highest BCUT2D eigenvalue weighted by Crippen LogP contribution is 2.39. The van der Waals surface area contributed by atoms with E-state index < -0.39 is 60.1 Å². The summed E-state index contributed by atoms with van der Waals surface area (Å²) in [5.41, 5.74) is 0. The average molecular weight is 362 g/mol. The third-order valence-electron chi connectivity index (χ3n) is 2.98. The van der Waals surface area contributed by atoms with Gasteiger partial charge in [-0.1, -0.05) is 0 Å². The number of carboxylic acid groups (broad SMARTS) is 1. The number of hydrogen-bond donors (Lipinski definition) is 10. The van der Waals surface area contributed by atoms with E-state index in [9.17, 15) is 50.5 Å². The van der Waals surface area contributed by atoms with Crippen LogP contribution >= 0.6 is 0 Å². The maximum Gasteiger partial charge on any atom is 0.482 e. The summed E-state index contributed by atoms with van der Waals surface area (Å²) < 4.78 is 0.545. The van der Waals surface area contributed by atoms with Crippen molar-refractivity contribution in [2.45, 2.75) is 43.8 Å². The van der Waals surface area contributed by atoms with Gasteiger partial charge in [0.2, 0.25) is 6.10 Å². The van der Waals surface area contributed by atoms with Gasteiger partial charge in [-0.3, -0.25) is 24.9 Å². The van der Waals surface area contributed by atoms with Gasteiger partial charge in [0.05, 0.1) is 19.4 Å². The van der Waals surface area contributed by atoms with Crippen LogP contribution in [0.25, 0.3) is 0 Å². The highest BCUT2D eigenvalue weighted by Gasteiger charge is 2.77. The van der Waals surface area contributed by atoms with E-state index in [-0.39, 0.29) is 0 Å². The number of aliphatic carboxylic acids is 1. The van der Waals surface area contributed by atoms with Gasteiger partial charge in [0.1, 0.15) is 0 Å². The van der Waals surface area contributed by atoms with E-state index in [0.717, 1.165) is 0 Å². The first-order valence-electron chi connectivity index (χ1n) is 6.23. The van der Waals surface area contributed by atoms with E-state index in [0.29, 0.717) is 6.92 Å². The van der Waals surface area contributed by atoms with E-state index in [1.54, 1.807) is 0 Å². The highest BCUT2D eigenvalue weighted by atomic mass is 16.9. The summed E-state index contributed by atoms with van der Waals surface area (Å²) in [6.45, 7) is -0.503. The van der Waals surface area contributed by atoms with Crippen LogP contribution in [0.1, 0.15) is 19.8 Å². The van der Waals surface area contributed by atoms with E-state index in [4.69, 9.17) is 10.2 Å². The molecule has 0 aliphatic rings. The standard InChI is InChI=1S/C10H19NO13/c1-5(13)24-6(4-7(14)15)9(18,19)11(23,10(20,21)22)8(16,17)2-3-12/h6,12,16-23H,2-4H2,1H3/p+1. The normalized spacial score (nSPS) is 17.1. The molecule has 0 saturated carbocycles. The number of nitrogens with zero attached hydrogens (tertiary/aromatic N) is 1. The first-order chi connectivity index (χ1) is 10.5. The van der Waals surface area contributed by atoms with Crippen molar-refractivity contribution in [3.63, 3.8) is 0 Å². The van der Waals surface area contributed by atoms with Crippen LogP contribution in [0.4, 0.5) is 0 Å². The molecular weight excluding hydrogens is 342 g/mol. The molecule has 0 spiro atoms. The first-order valence-corrected chi connectivity index (χ1v) is 6.23. The van der Waals surface area contributed by atoms with E-state index >= 15 is 0 Å². The Bertz CT molecular complexity index is 454. The molecule has 0 amide bonds. The number of quaternary nitrogens is 1.